The van der Waals surface area contributed by atoms with Crippen LogP contribution >= 0.6 is 23.2 Å². The van der Waals surface area contributed by atoms with Gasteiger partial charge >= 0.3 is 12.4 Å². The molecule has 1 aliphatic rings. The summed E-state index contributed by atoms with van der Waals surface area (Å²) in [6.45, 7) is 0.551. The molecule has 8 nitrogen and oxygen atoms in total. The zero-order valence-corrected chi connectivity index (χ0v) is 26.6. The van der Waals surface area contributed by atoms with Gasteiger partial charge in [0.05, 0.1) is 35.1 Å². The van der Waals surface area contributed by atoms with Crippen molar-refractivity contribution >= 4 is 34.7 Å². The zero-order valence-electron chi connectivity index (χ0n) is 25.1. The number of nitrogens with one attached hydrogen (secondary N) is 1. The number of oxime groups is 2. The molecule has 2 aromatic carbocycles. The molecule has 1 aliphatic carbocycles. The lowest BCUT2D eigenvalue weighted by atomic mass is 9.87. The van der Waals surface area contributed by atoms with Gasteiger partial charge in [-0.1, -0.05) is 76.3 Å². The van der Waals surface area contributed by atoms with Crippen LogP contribution in [0.5, 0.6) is 0 Å². The van der Waals surface area contributed by atoms with E-state index in [1.165, 1.54) is 0 Å². The molecule has 258 valence electrons. The van der Waals surface area contributed by atoms with Gasteiger partial charge in [0.25, 0.3) is 0 Å². The van der Waals surface area contributed by atoms with Gasteiger partial charge in [0.1, 0.15) is 5.60 Å². The summed E-state index contributed by atoms with van der Waals surface area (Å²) in [4.78, 5) is 5.26. The highest BCUT2D eigenvalue weighted by Gasteiger charge is 2.37. The Labute approximate surface area is 277 Å². The first-order chi connectivity index (χ1) is 22.1. The maximum Gasteiger partial charge on any atom is 0.416 e. The van der Waals surface area contributed by atoms with Crippen molar-refractivity contribution in [1.29, 1.82) is 0 Å². The number of benzene rings is 2. The number of aliphatic hydroxyl groups is 1. The highest BCUT2D eigenvalue weighted by atomic mass is 35.5. The minimum Gasteiger partial charge on any atom is -0.409 e. The van der Waals surface area contributed by atoms with Gasteiger partial charge in [0.2, 0.25) is 0 Å². The Balaban J connectivity index is 1.92. The molecule has 16 heteroatoms. The van der Waals surface area contributed by atoms with Crippen LogP contribution < -0.4 is 11.1 Å². The van der Waals surface area contributed by atoms with Crippen LogP contribution in [-0.2, 0) is 34.1 Å². The molecule has 0 bridgehead atoms. The van der Waals surface area contributed by atoms with Crippen LogP contribution in [0.3, 0.4) is 0 Å². The second-order valence-corrected chi connectivity index (χ2v) is 11.6. The van der Waals surface area contributed by atoms with Gasteiger partial charge in [-0.25, -0.2) is 0 Å². The largest absolute Gasteiger partial charge is 0.416 e. The van der Waals surface area contributed by atoms with Crippen molar-refractivity contribution in [2.45, 2.75) is 50.7 Å². The van der Waals surface area contributed by atoms with E-state index in [0.29, 0.717) is 47.6 Å². The number of alkyl halides is 6. The van der Waals surface area contributed by atoms with Crippen molar-refractivity contribution in [2.75, 3.05) is 26.3 Å². The van der Waals surface area contributed by atoms with Crippen LogP contribution in [0.1, 0.15) is 48.4 Å². The first kappa shape index (κ1) is 38.2. The van der Waals surface area contributed by atoms with Crippen LogP contribution in [0.25, 0.3) is 0 Å². The lowest BCUT2D eigenvalue weighted by Crippen LogP contribution is -2.41. The maximum atomic E-state index is 13.4. The SMILES string of the molecule is CCC(O)(CNCC(C1=CC(Cl)=C(Cl)CC1)/C(COCc1cc(C(F)(F)F)cc(C(F)(F)F)c1)=N/OC/C(N)=N/O)c1ccccc1. The highest BCUT2D eigenvalue weighted by Crippen LogP contribution is 2.37. The summed E-state index contributed by atoms with van der Waals surface area (Å²) in [6, 6.07) is 10.2. The molecule has 2 aromatic rings. The molecule has 0 heterocycles. The third-order valence-corrected chi connectivity index (χ3v) is 8.23. The van der Waals surface area contributed by atoms with E-state index in [4.69, 9.17) is 43.7 Å². The average Bonchev–Trinajstić information content (AvgIpc) is 3.03. The van der Waals surface area contributed by atoms with Gasteiger partial charge in [0.15, 0.2) is 12.4 Å². The van der Waals surface area contributed by atoms with E-state index in [1.54, 1.807) is 30.3 Å². The monoisotopic (exact) mass is 710 g/mol. The van der Waals surface area contributed by atoms with E-state index in [1.807, 2.05) is 13.0 Å². The number of hydrogen-bond donors (Lipinski definition) is 4. The summed E-state index contributed by atoms with van der Waals surface area (Å²) in [5, 5.41) is 31.1. The molecule has 5 N–H and O–H groups in total. The van der Waals surface area contributed by atoms with E-state index < -0.39 is 54.8 Å². The number of nitrogens with zero attached hydrogens (tertiary/aromatic N) is 2. The van der Waals surface area contributed by atoms with Crippen molar-refractivity contribution < 1.29 is 46.2 Å². The molecule has 2 unspecified atom stereocenters. The molecule has 0 aliphatic heterocycles. The minimum atomic E-state index is -5.02. The molecule has 2 atom stereocenters. The van der Waals surface area contributed by atoms with E-state index in [-0.39, 0.29) is 41.3 Å². The molecule has 0 saturated carbocycles. The third-order valence-electron chi connectivity index (χ3n) is 7.40. The second-order valence-electron chi connectivity index (χ2n) is 10.8. The van der Waals surface area contributed by atoms with Crippen molar-refractivity contribution in [1.82, 2.24) is 5.32 Å². The first-order valence-corrected chi connectivity index (χ1v) is 15.1. The fraction of sp³-hybridized carbons (Fsp3) is 0.419. The Kier molecular flexibility index (Phi) is 13.5. The normalized spacial score (nSPS) is 16.9. The molecule has 0 saturated heterocycles. The fourth-order valence-corrected chi connectivity index (χ4v) is 5.19. The molecule has 0 aromatic heterocycles. The Morgan fingerprint density at radius 1 is 0.979 bits per heavy atom. The summed E-state index contributed by atoms with van der Waals surface area (Å²) in [5.74, 6) is -0.984. The van der Waals surface area contributed by atoms with Gasteiger partial charge in [-0.15, -0.1) is 0 Å². The summed E-state index contributed by atoms with van der Waals surface area (Å²) < 4.78 is 86.0. The van der Waals surface area contributed by atoms with Gasteiger partial charge in [-0.3, -0.25) is 0 Å². The molecular weight excluding hydrogens is 677 g/mol. The third kappa shape index (κ3) is 11.1. The number of rotatable bonds is 15. The Bertz CT molecular complexity index is 1450. The van der Waals surface area contributed by atoms with Crippen LogP contribution in [0, 0.1) is 5.92 Å². The second kappa shape index (κ2) is 16.7. The smallest absolute Gasteiger partial charge is 0.409 e. The highest BCUT2D eigenvalue weighted by molar-refractivity contribution is 6.40. The summed E-state index contributed by atoms with van der Waals surface area (Å²) in [7, 11) is 0. The standard InChI is InChI=1S/C31H34Cl2F6N4O4/c1-2-29(44,21-6-4-3-5-7-21)18-41-14-24(20-8-9-25(32)26(33)12-20)27(43-47-17-28(40)42-45)16-46-15-19-10-22(30(34,35)36)13-23(11-19)31(37,38)39/h3-7,10-13,24,41,44-45H,2,8-9,14-18H2,1H3,(H2,40,42)/b43-27+. The van der Waals surface area contributed by atoms with Gasteiger partial charge in [0, 0.05) is 24.0 Å². The molecule has 3 rings (SSSR count). The predicted octanol–water partition coefficient (Wildman–Crippen LogP) is 7.27. The van der Waals surface area contributed by atoms with E-state index in [2.05, 4.69) is 15.6 Å². The number of amidine groups is 1. The molecule has 0 radical (unpaired) electrons. The molecule has 0 spiro atoms. The average molecular weight is 712 g/mol. The number of hydrogen-bond acceptors (Lipinski definition) is 7. The van der Waals surface area contributed by atoms with Crippen LogP contribution in [0.15, 0.2) is 80.6 Å². The molecular formula is C31H34Cl2F6N4O4. The number of allylic oxidation sites excluding steroid dienone is 3. The predicted molar refractivity (Wildman–Crippen MR) is 166 cm³/mol. The Hall–Kier alpha value is -3.30. The lowest BCUT2D eigenvalue weighted by Gasteiger charge is -2.30. The quantitative estimate of drug-likeness (QED) is 0.0507. The van der Waals surface area contributed by atoms with Crippen molar-refractivity contribution in [3.05, 3.63) is 92.5 Å². The van der Waals surface area contributed by atoms with Gasteiger partial charge in [-0.2, -0.15) is 26.3 Å². The number of nitrogens with two attached hydrogens (primary N) is 1. The van der Waals surface area contributed by atoms with E-state index in [9.17, 15) is 31.4 Å². The fourth-order valence-electron chi connectivity index (χ4n) is 4.80. The lowest BCUT2D eigenvalue weighted by molar-refractivity contribution is -0.143. The number of halogens is 8. The zero-order chi connectivity index (χ0) is 34.8. The van der Waals surface area contributed by atoms with Crippen molar-refractivity contribution in [3.8, 4) is 0 Å². The summed E-state index contributed by atoms with van der Waals surface area (Å²) >= 11 is 12.5. The topological polar surface area (TPSA) is 122 Å². The van der Waals surface area contributed by atoms with Crippen LogP contribution in [0.2, 0.25) is 0 Å². The van der Waals surface area contributed by atoms with Crippen molar-refractivity contribution in [3.63, 3.8) is 0 Å². The minimum absolute atomic E-state index is 0.0317. The molecule has 0 fully saturated rings. The van der Waals surface area contributed by atoms with E-state index in [0.717, 1.165) is 0 Å². The Morgan fingerprint density at radius 2 is 1.62 bits per heavy atom. The Morgan fingerprint density at radius 3 is 2.17 bits per heavy atom. The van der Waals surface area contributed by atoms with Crippen LogP contribution in [-0.4, -0.2) is 48.2 Å². The van der Waals surface area contributed by atoms with Gasteiger partial charge in [-0.05, 0) is 54.7 Å². The van der Waals surface area contributed by atoms with E-state index >= 15 is 0 Å². The van der Waals surface area contributed by atoms with Crippen molar-refractivity contribution in [2.24, 2.45) is 22.0 Å². The first-order valence-electron chi connectivity index (χ1n) is 14.3. The summed E-state index contributed by atoms with van der Waals surface area (Å²) in [6.07, 6.45) is -7.25. The summed E-state index contributed by atoms with van der Waals surface area (Å²) in [5.41, 5.74) is 2.46. The van der Waals surface area contributed by atoms with Gasteiger partial charge < -0.3 is 30.9 Å². The van der Waals surface area contributed by atoms with Crippen LogP contribution in [0.4, 0.5) is 26.3 Å². The number of ether oxygens (including phenoxy) is 1. The maximum absolute atomic E-state index is 13.4. The molecule has 47 heavy (non-hydrogen) atoms. The molecule has 0 amide bonds.